The smallest absolute Gasteiger partial charge is 0.262 e. The molecule has 21 heavy (non-hydrogen) atoms. The van der Waals surface area contributed by atoms with Gasteiger partial charge in [-0.25, -0.2) is 13.4 Å². The Labute approximate surface area is 128 Å². The Morgan fingerprint density at radius 2 is 1.95 bits per heavy atom. The first-order valence-electron chi connectivity index (χ1n) is 5.99. The van der Waals surface area contributed by atoms with Crippen molar-refractivity contribution >= 4 is 27.3 Å². The van der Waals surface area contributed by atoms with Crippen LogP contribution in [0, 0.1) is 25.2 Å². The van der Waals surface area contributed by atoms with Gasteiger partial charge in [0.25, 0.3) is 10.0 Å². The number of hydrogen-bond donors (Lipinski definition) is 1. The van der Waals surface area contributed by atoms with Crippen molar-refractivity contribution in [3.63, 3.8) is 0 Å². The minimum absolute atomic E-state index is 0.0640. The second-order valence-corrected chi connectivity index (χ2v) is 6.54. The molecule has 0 saturated heterocycles. The molecule has 1 aromatic carbocycles. The predicted molar refractivity (Wildman–Crippen MR) is 80.7 cm³/mol. The molecule has 0 atom stereocenters. The fourth-order valence-electron chi connectivity index (χ4n) is 1.78. The van der Waals surface area contributed by atoms with E-state index in [0.29, 0.717) is 22.0 Å². The number of aryl methyl sites for hydroxylation is 2. The van der Waals surface area contributed by atoms with Crippen LogP contribution in [0.4, 0.5) is 5.69 Å². The molecule has 1 aromatic heterocycles. The molecular formula is C14H12ClN3O2S. The Morgan fingerprint density at radius 3 is 2.57 bits per heavy atom. The summed E-state index contributed by atoms with van der Waals surface area (Å²) >= 11 is 5.81. The topological polar surface area (TPSA) is 82.8 Å². The highest BCUT2D eigenvalue weighted by Crippen LogP contribution is 2.22. The number of nitrogens with one attached hydrogen (secondary N) is 1. The van der Waals surface area contributed by atoms with Crippen LogP contribution in [0.3, 0.4) is 0 Å². The largest absolute Gasteiger partial charge is 0.278 e. The Morgan fingerprint density at radius 1 is 1.24 bits per heavy atom. The quantitative estimate of drug-likeness (QED) is 0.881. The van der Waals surface area contributed by atoms with E-state index >= 15 is 0 Å². The molecule has 1 heterocycles. The molecule has 5 nitrogen and oxygen atoms in total. The number of benzene rings is 1. The van der Waals surface area contributed by atoms with E-state index in [1.807, 2.05) is 6.07 Å². The summed E-state index contributed by atoms with van der Waals surface area (Å²) in [7, 11) is -3.79. The molecule has 0 aliphatic carbocycles. The number of sulfonamides is 1. The third-order valence-corrected chi connectivity index (χ3v) is 4.79. The SMILES string of the molecule is Cc1ccc(C#N)cc1S(=O)(=O)Nc1cnc(Cl)c(C)c1. The maximum absolute atomic E-state index is 12.4. The molecular weight excluding hydrogens is 310 g/mol. The highest BCUT2D eigenvalue weighted by molar-refractivity contribution is 7.92. The fourth-order valence-corrected chi connectivity index (χ4v) is 3.19. The summed E-state index contributed by atoms with van der Waals surface area (Å²) in [6.07, 6.45) is 1.34. The summed E-state index contributed by atoms with van der Waals surface area (Å²) in [6, 6.07) is 8.03. The Hall–Kier alpha value is -2.10. The van der Waals surface area contributed by atoms with Gasteiger partial charge in [-0.05, 0) is 43.2 Å². The summed E-state index contributed by atoms with van der Waals surface area (Å²) in [5, 5.41) is 9.21. The lowest BCUT2D eigenvalue weighted by Gasteiger charge is -2.11. The van der Waals surface area contributed by atoms with Crippen molar-refractivity contribution in [2.75, 3.05) is 4.72 Å². The monoisotopic (exact) mass is 321 g/mol. The average molecular weight is 322 g/mol. The molecule has 0 bridgehead atoms. The maximum atomic E-state index is 12.4. The lowest BCUT2D eigenvalue weighted by atomic mass is 10.2. The molecule has 0 radical (unpaired) electrons. The number of nitrogens with zero attached hydrogens (tertiary/aromatic N) is 2. The van der Waals surface area contributed by atoms with E-state index < -0.39 is 10.0 Å². The standard InChI is InChI=1S/C14H12ClN3O2S/c1-9-3-4-11(7-16)6-13(9)21(19,20)18-12-5-10(2)14(15)17-8-12/h3-6,8,18H,1-2H3. The fraction of sp³-hybridized carbons (Fsp3) is 0.143. The van der Waals surface area contributed by atoms with Crippen LogP contribution in [-0.4, -0.2) is 13.4 Å². The molecule has 0 fully saturated rings. The molecule has 1 N–H and O–H groups in total. The van der Waals surface area contributed by atoms with Crippen LogP contribution in [0.25, 0.3) is 0 Å². The van der Waals surface area contributed by atoms with E-state index in [4.69, 9.17) is 16.9 Å². The second kappa shape index (κ2) is 5.72. The van der Waals surface area contributed by atoms with Gasteiger partial charge in [-0.15, -0.1) is 0 Å². The summed E-state index contributed by atoms with van der Waals surface area (Å²) < 4.78 is 27.2. The van der Waals surface area contributed by atoms with E-state index in [-0.39, 0.29) is 10.5 Å². The van der Waals surface area contributed by atoms with E-state index in [0.717, 1.165) is 0 Å². The van der Waals surface area contributed by atoms with Crippen LogP contribution in [0.1, 0.15) is 16.7 Å². The Bertz CT molecular complexity index is 842. The first kappa shape index (κ1) is 15.3. The predicted octanol–water partition coefficient (Wildman–Crippen LogP) is 3.02. The van der Waals surface area contributed by atoms with E-state index in [1.54, 1.807) is 32.0 Å². The van der Waals surface area contributed by atoms with Crippen LogP contribution < -0.4 is 4.72 Å². The highest BCUT2D eigenvalue weighted by atomic mass is 35.5. The van der Waals surface area contributed by atoms with Crippen molar-refractivity contribution in [2.45, 2.75) is 18.7 Å². The summed E-state index contributed by atoms with van der Waals surface area (Å²) in [6.45, 7) is 3.40. The minimum atomic E-state index is -3.79. The molecule has 0 saturated carbocycles. The van der Waals surface area contributed by atoms with Crippen molar-refractivity contribution in [2.24, 2.45) is 0 Å². The van der Waals surface area contributed by atoms with Gasteiger partial charge in [0.2, 0.25) is 0 Å². The van der Waals surface area contributed by atoms with Gasteiger partial charge < -0.3 is 0 Å². The first-order chi connectivity index (χ1) is 9.83. The van der Waals surface area contributed by atoms with Gasteiger partial charge in [0.15, 0.2) is 0 Å². The van der Waals surface area contributed by atoms with Crippen molar-refractivity contribution < 1.29 is 8.42 Å². The molecule has 0 spiro atoms. The second-order valence-electron chi connectivity index (χ2n) is 4.53. The van der Waals surface area contributed by atoms with Crippen molar-refractivity contribution in [1.29, 1.82) is 5.26 Å². The molecule has 108 valence electrons. The number of nitriles is 1. The zero-order valence-corrected chi connectivity index (χ0v) is 13.0. The summed E-state index contributed by atoms with van der Waals surface area (Å²) in [5.74, 6) is 0. The number of halogens is 1. The maximum Gasteiger partial charge on any atom is 0.262 e. The lowest BCUT2D eigenvalue weighted by molar-refractivity contribution is 0.600. The number of anilines is 1. The van der Waals surface area contributed by atoms with Gasteiger partial charge in [-0.3, -0.25) is 4.72 Å². The van der Waals surface area contributed by atoms with Crippen LogP contribution >= 0.6 is 11.6 Å². The molecule has 2 rings (SSSR count). The molecule has 0 aliphatic rings. The van der Waals surface area contributed by atoms with Gasteiger partial charge in [-0.1, -0.05) is 17.7 Å². The minimum Gasteiger partial charge on any atom is -0.278 e. The summed E-state index contributed by atoms with van der Waals surface area (Å²) in [4.78, 5) is 3.96. The number of hydrogen-bond acceptors (Lipinski definition) is 4. The number of aromatic nitrogens is 1. The van der Waals surface area contributed by atoms with Gasteiger partial charge in [0.05, 0.1) is 28.4 Å². The Balaban J connectivity index is 2.43. The third kappa shape index (κ3) is 3.32. The molecule has 0 aliphatic heterocycles. The van der Waals surface area contributed by atoms with E-state index in [1.165, 1.54) is 12.3 Å². The van der Waals surface area contributed by atoms with Gasteiger partial charge in [0, 0.05) is 0 Å². The van der Waals surface area contributed by atoms with Crippen molar-refractivity contribution in [3.05, 3.63) is 52.3 Å². The van der Waals surface area contributed by atoms with Crippen molar-refractivity contribution in [1.82, 2.24) is 4.98 Å². The normalized spacial score (nSPS) is 11.0. The average Bonchev–Trinajstić information content (AvgIpc) is 2.43. The number of rotatable bonds is 3. The van der Waals surface area contributed by atoms with E-state index in [9.17, 15) is 8.42 Å². The van der Waals surface area contributed by atoms with Gasteiger partial charge >= 0.3 is 0 Å². The van der Waals surface area contributed by atoms with Crippen LogP contribution in [0.15, 0.2) is 35.4 Å². The molecule has 0 amide bonds. The molecule has 2 aromatic rings. The van der Waals surface area contributed by atoms with Crippen LogP contribution in [0.5, 0.6) is 0 Å². The summed E-state index contributed by atoms with van der Waals surface area (Å²) in [5.41, 5.74) is 1.82. The van der Waals surface area contributed by atoms with Crippen LogP contribution in [0.2, 0.25) is 5.15 Å². The Kier molecular flexibility index (Phi) is 4.16. The zero-order chi connectivity index (χ0) is 15.6. The van der Waals surface area contributed by atoms with Crippen molar-refractivity contribution in [3.8, 4) is 6.07 Å². The van der Waals surface area contributed by atoms with Gasteiger partial charge in [0.1, 0.15) is 5.15 Å². The number of pyridine rings is 1. The molecule has 0 unspecified atom stereocenters. The van der Waals surface area contributed by atoms with E-state index in [2.05, 4.69) is 9.71 Å². The van der Waals surface area contributed by atoms with Crippen LogP contribution in [-0.2, 0) is 10.0 Å². The molecule has 7 heteroatoms. The van der Waals surface area contributed by atoms with Gasteiger partial charge in [-0.2, -0.15) is 5.26 Å². The first-order valence-corrected chi connectivity index (χ1v) is 7.85. The highest BCUT2D eigenvalue weighted by Gasteiger charge is 2.18. The third-order valence-electron chi connectivity index (χ3n) is 2.87. The lowest BCUT2D eigenvalue weighted by Crippen LogP contribution is -2.14. The zero-order valence-electron chi connectivity index (χ0n) is 11.4.